The van der Waals surface area contributed by atoms with E-state index >= 15 is 0 Å². The van der Waals surface area contributed by atoms with Gasteiger partial charge in [-0.1, -0.05) is 30.3 Å². The topological polar surface area (TPSA) is 21.3 Å². The van der Waals surface area contributed by atoms with Gasteiger partial charge in [-0.15, -0.1) is 0 Å². The molecule has 0 saturated carbocycles. The molecule has 0 saturated heterocycles. The average Bonchev–Trinajstić information content (AvgIpc) is 2.07. The van der Waals surface area contributed by atoms with Gasteiger partial charge in [0.05, 0.1) is 0 Å². The molecule has 1 N–H and O–H groups in total. The van der Waals surface area contributed by atoms with Crippen LogP contribution in [0.5, 0.6) is 0 Å². The van der Waals surface area contributed by atoms with Crippen LogP contribution >= 0.6 is 16.3 Å². The summed E-state index contributed by atoms with van der Waals surface area (Å²) in [6.45, 7) is 0. The van der Waals surface area contributed by atoms with Gasteiger partial charge in [-0.2, -0.15) is 3.93 Å². The van der Waals surface area contributed by atoms with Gasteiger partial charge in [-0.3, -0.25) is 5.48 Å². The van der Waals surface area contributed by atoms with Crippen molar-refractivity contribution in [3.63, 3.8) is 0 Å². The van der Waals surface area contributed by atoms with Crippen LogP contribution in [0, 0.1) is 0 Å². The second kappa shape index (κ2) is 4.93. The van der Waals surface area contributed by atoms with E-state index < -0.39 is 0 Å². The van der Waals surface area contributed by atoms with Crippen LogP contribution in [0.3, 0.4) is 0 Å². The fourth-order valence-corrected chi connectivity index (χ4v) is 0.828. The van der Waals surface area contributed by atoms with Crippen LogP contribution < -0.4 is 5.48 Å². The molecule has 0 radical (unpaired) electrons. The van der Waals surface area contributed by atoms with E-state index in [4.69, 9.17) is 0 Å². The zero-order chi connectivity index (χ0) is 7.94. The number of hydrogen-bond acceptors (Lipinski definition) is 2. The zero-order valence-electron chi connectivity index (χ0n) is 5.83. The molecule has 1 aromatic rings. The summed E-state index contributed by atoms with van der Waals surface area (Å²) in [6.07, 6.45) is 3.60. The first-order chi connectivity index (χ1) is 5.43. The van der Waals surface area contributed by atoms with E-state index in [1.165, 1.54) is 0 Å². The summed E-state index contributed by atoms with van der Waals surface area (Å²) in [4.78, 5) is 0. The predicted octanol–water partition coefficient (Wildman–Crippen LogP) is 2.49. The molecule has 0 aliphatic rings. The van der Waals surface area contributed by atoms with Gasteiger partial charge in [0.1, 0.15) is 16.3 Å². The Morgan fingerprint density at radius 3 is 2.64 bits per heavy atom. The van der Waals surface area contributed by atoms with Gasteiger partial charge < -0.3 is 0 Å². The molecule has 0 bridgehead atoms. The van der Waals surface area contributed by atoms with Crippen LogP contribution in [0.1, 0.15) is 5.56 Å². The SMILES string of the molecule is BrONC=Cc1ccccc1. The Labute approximate surface area is 74.3 Å². The van der Waals surface area contributed by atoms with Gasteiger partial charge >= 0.3 is 0 Å². The minimum absolute atomic E-state index is 1.13. The number of hydroxylamine groups is 1. The van der Waals surface area contributed by atoms with Gasteiger partial charge in [0, 0.05) is 6.20 Å². The molecule has 1 rings (SSSR count). The average molecular weight is 214 g/mol. The van der Waals surface area contributed by atoms with E-state index in [9.17, 15) is 0 Å². The van der Waals surface area contributed by atoms with E-state index in [1.54, 1.807) is 6.20 Å². The Morgan fingerprint density at radius 2 is 2.00 bits per heavy atom. The first-order valence-corrected chi connectivity index (χ1v) is 3.83. The van der Waals surface area contributed by atoms with Crippen molar-refractivity contribution in [1.29, 1.82) is 0 Å². The minimum atomic E-state index is 1.13. The van der Waals surface area contributed by atoms with E-state index in [0.717, 1.165) is 5.56 Å². The molecule has 2 nitrogen and oxygen atoms in total. The Kier molecular flexibility index (Phi) is 3.72. The predicted molar refractivity (Wildman–Crippen MR) is 48.6 cm³/mol. The molecule has 0 amide bonds. The molecular weight excluding hydrogens is 206 g/mol. The first-order valence-electron chi connectivity index (χ1n) is 3.18. The highest BCUT2D eigenvalue weighted by Crippen LogP contribution is 1.99. The largest absolute Gasteiger partial charge is 0.262 e. The number of hydrogen-bond donors (Lipinski definition) is 1. The summed E-state index contributed by atoms with van der Waals surface area (Å²) in [7, 11) is 0. The molecule has 0 spiro atoms. The van der Waals surface area contributed by atoms with E-state index in [2.05, 4.69) is 25.7 Å². The lowest BCUT2D eigenvalue weighted by molar-refractivity contribution is 0.316. The Bertz CT molecular complexity index is 223. The van der Waals surface area contributed by atoms with Crippen molar-refractivity contribution < 1.29 is 3.93 Å². The molecule has 58 valence electrons. The lowest BCUT2D eigenvalue weighted by Crippen LogP contribution is -1.94. The molecule has 0 heterocycles. The Hall–Kier alpha value is -0.800. The van der Waals surface area contributed by atoms with Crippen molar-refractivity contribution in [2.45, 2.75) is 0 Å². The van der Waals surface area contributed by atoms with Crippen molar-refractivity contribution in [1.82, 2.24) is 5.48 Å². The second-order valence-corrected chi connectivity index (χ2v) is 2.26. The molecule has 11 heavy (non-hydrogen) atoms. The highest BCUT2D eigenvalue weighted by molar-refractivity contribution is 9.05. The summed E-state index contributed by atoms with van der Waals surface area (Å²) in [6, 6.07) is 9.95. The normalized spacial score (nSPS) is 10.3. The maximum absolute atomic E-state index is 4.44. The molecule has 0 atom stereocenters. The summed E-state index contributed by atoms with van der Waals surface area (Å²) in [5, 5.41) is 0. The van der Waals surface area contributed by atoms with Crippen molar-refractivity contribution in [3.8, 4) is 0 Å². The monoisotopic (exact) mass is 213 g/mol. The first kappa shape index (κ1) is 8.30. The third kappa shape index (κ3) is 3.20. The fourth-order valence-electron chi connectivity index (χ4n) is 0.720. The molecule has 0 aliphatic heterocycles. The second-order valence-electron chi connectivity index (χ2n) is 1.94. The third-order valence-electron chi connectivity index (χ3n) is 1.19. The minimum Gasteiger partial charge on any atom is -0.262 e. The maximum Gasteiger partial charge on any atom is 0.133 e. The molecule has 0 fully saturated rings. The zero-order valence-corrected chi connectivity index (χ0v) is 7.41. The van der Waals surface area contributed by atoms with Crippen molar-refractivity contribution >= 4 is 22.3 Å². The number of nitrogens with one attached hydrogen (secondary N) is 1. The van der Waals surface area contributed by atoms with Gasteiger partial charge in [-0.25, -0.2) is 0 Å². The van der Waals surface area contributed by atoms with Gasteiger partial charge in [0.25, 0.3) is 0 Å². The fraction of sp³-hybridized carbons (Fsp3) is 0. The summed E-state index contributed by atoms with van der Waals surface area (Å²) < 4.78 is 4.44. The summed E-state index contributed by atoms with van der Waals surface area (Å²) in [5.74, 6) is 0. The van der Waals surface area contributed by atoms with E-state index in [1.807, 2.05) is 36.4 Å². The van der Waals surface area contributed by atoms with Crippen LogP contribution in [-0.4, -0.2) is 0 Å². The lowest BCUT2D eigenvalue weighted by Gasteiger charge is -1.91. The quantitative estimate of drug-likeness (QED) is 0.780. The van der Waals surface area contributed by atoms with Crippen LogP contribution in [0.4, 0.5) is 0 Å². The van der Waals surface area contributed by atoms with Crippen LogP contribution in [-0.2, 0) is 3.93 Å². The molecule has 0 aliphatic carbocycles. The lowest BCUT2D eigenvalue weighted by atomic mass is 10.2. The number of benzene rings is 1. The number of rotatable bonds is 3. The Morgan fingerprint density at radius 1 is 1.27 bits per heavy atom. The smallest absolute Gasteiger partial charge is 0.133 e. The van der Waals surface area contributed by atoms with E-state index in [0.29, 0.717) is 0 Å². The van der Waals surface area contributed by atoms with E-state index in [-0.39, 0.29) is 0 Å². The molecular formula is C8H8BrNO. The number of halogens is 1. The van der Waals surface area contributed by atoms with Crippen molar-refractivity contribution in [2.75, 3.05) is 0 Å². The van der Waals surface area contributed by atoms with Gasteiger partial charge in [0.2, 0.25) is 0 Å². The molecule has 0 aromatic heterocycles. The van der Waals surface area contributed by atoms with Crippen molar-refractivity contribution in [3.05, 3.63) is 42.1 Å². The molecule has 1 aromatic carbocycles. The summed E-state index contributed by atoms with van der Waals surface area (Å²) >= 11 is 2.76. The molecule has 0 unspecified atom stereocenters. The Balaban J connectivity index is 2.50. The standard InChI is InChI=1S/C8H8BrNO/c9-11-10-7-6-8-4-2-1-3-5-8/h1-7,10H. The van der Waals surface area contributed by atoms with Crippen LogP contribution in [0.2, 0.25) is 0 Å². The van der Waals surface area contributed by atoms with Crippen LogP contribution in [0.25, 0.3) is 6.08 Å². The maximum atomic E-state index is 4.44. The third-order valence-corrected chi connectivity index (χ3v) is 1.37. The highest BCUT2D eigenvalue weighted by atomic mass is 79.9. The van der Waals surface area contributed by atoms with Crippen molar-refractivity contribution in [2.24, 2.45) is 0 Å². The van der Waals surface area contributed by atoms with Gasteiger partial charge in [0.15, 0.2) is 0 Å². The summed E-state index contributed by atoms with van der Waals surface area (Å²) in [5.41, 5.74) is 3.66. The van der Waals surface area contributed by atoms with Crippen LogP contribution in [0.15, 0.2) is 36.5 Å². The highest BCUT2D eigenvalue weighted by Gasteiger charge is 1.80. The molecule has 3 heteroatoms. The van der Waals surface area contributed by atoms with Gasteiger partial charge in [-0.05, 0) is 11.6 Å².